The topological polar surface area (TPSA) is 26.3 Å². The highest BCUT2D eigenvalue weighted by Crippen LogP contribution is 2.26. The zero-order valence-electron chi connectivity index (χ0n) is 8.96. The maximum atomic E-state index is 11.6. The Labute approximate surface area is 91.0 Å². The fraction of sp³-hybridized carbons (Fsp3) is 0.909. The third-order valence-electron chi connectivity index (χ3n) is 2.69. The zero-order valence-corrected chi connectivity index (χ0v) is 9.72. The van der Waals surface area contributed by atoms with E-state index in [1.54, 1.807) is 0 Å². The van der Waals surface area contributed by atoms with E-state index in [0.717, 1.165) is 25.7 Å². The molecule has 14 heavy (non-hydrogen) atoms. The Hall–Kier alpha value is -0.240. The van der Waals surface area contributed by atoms with Gasteiger partial charge in [0.2, 0.25) is 0 Å². The Morgan fingerprint density at radius 2 is 1.86 bits per heavy atom. The van der Waals surface area contributed by atoms with Crippen molar-refractivity contribution in [3.63, 3.8) is 0 Å². The van der Waals surface area contributed by atoms with Crippen LogP contribution in [0.25, 0.3) is 0 Å². The smallest absolute Gasteiger partial charge is 0.310 e. The monoisotopic (exact) mass is 218 g/mol. The lowest BCUT2D eigenvalue weighted by Crippen LogP contribution is -2.25. The second kappa shape index (κ2) is 5.59. The van der Waals surface area contributed by atoms with Gasteiger partial charge in [0.05, 0.1) is 5.92 Å². The van der Waals surface area contributed by atoms with Crippen molar-refractivity contribution in [1.29, 1.82) is 0 Å². The molecule has 1 unspecified atom stereocenters. The number of alkyl halides is 1. The standard InChI is InChI=1S/C11H19ClO2/c1-8(2)10(12)14-11(13)9-6-4-3-5-7-9/h8-10H,3-7H2,1-2H3. The highest BCUT2D eigenvalue weighted by Gasteiger charge is 2.25. The summed E-state index contributed by atoms with van der Waals surface area (Å²) >= 11 is 5.89. The number of hydrogen-bond donors (Lipinski definition) is 0. The van der Waals surface area contributed by atoms with Gasteiger partial charge in [0.1, 0.15) is 0 Å². The Bertz CT molecular complexity index is 186. The molecule has 0 heterocycles. The van der Waals surface area contributed by atoms with Crippen LogP contribution in [0, 0.1) is 11.8 Å². The summed E-state index contributed by atoms with van der Waals surface area (Å²) in [7, 11) is 0. The van der Waals surface area contributed by atoms with Gasteiger partial charge in [-0.2, -0.15) is 0 Å². The number of carbonyl (C=O) groups is 1. The first-order valence-corrected chi connectivity index (χ1v) is 5.89. The molecule has 0 aliphatic heterocycles. The molecule has 3 heteroatoms. The quantitative estimate of drug-likeness (QED) is 0.537. The van der Waals surface area contributed by atoms with Gasteiger partial charge in [-0.25, -0.2) is 0 Å². The van der Waals surface area contributed by atoms with Crippen LogP contribution in [-0.4, -0.2) is 11.5 Å². The van der Waals surface area contributed by atoms with Gasteiger partial charge in [-0.1, -0.05) is 44.7 Å². The molecule has 1 saturated carbocycles. The van der Waals surface area contributed by atoms with E-state index in [9.17, 15) is 4.79 Å². The molecule has 0 saturated heterocycles. The van der Waals surface area contributed by atoms with Crippen LogP contribution in [0.15, 0.2) is 0 Å². The minimum Gasteiger partial charge on any atom is -0.445 e. The van der Waals surface area contributed by atoms with Gasteiger partial charge in [-0.15, -0.1) is 0 Å². The SMILES string of the molecule is CC(C)C(Cl)OC(=O)C1CCCCC1. The van der Waals surface area contributed by atoms with E-state index in [1.165, 1.54) is 6.42 Å². The van der Waals surface area contributed by atoms with Crippen LogP contribution in [0.3, 0.4) is 0 Å². The van der Waals surface area contributed by atoms with E-state index in [2.05, 4.69) is 0 Å². The lowest BCUT2D eigenvalue weighted by molar-refractivity contribution is -0.153. The first kappa shape index (κ1) is 11.8. The normalized spacial score (nSPS) is 20.9. The van der Waals surface area contributed by atoms with Gasteiger partial charge >= 0.3 is 5.97 Å². The van der Waals surface area contributed by atoms with Crippen molar-refractivity contribution in [3.05, 3.63) is 0 Å². The summed E-state index contributed by atoms with van der Waals surface area (Å²) in [5, 5.41) is 0. The minimum absolute atomic E-state index is 0.0987. The summed E-state index contributed by atoms with van der Waals surface area (Å²) in [6.45, 7) is 3.90. The summed E-state index contributed by atoms with van der Waals surface area (Å²) in [6, 6.07) is 0. The van der Waals surface area contributed by atoms with Crippen LogP contribution in [-0.2, 0) is 9.53 Å². The van der Waals surface area contributed by atoms with Crippen molar-refractivity contribution in [2.45, 2.75) is 51.5 Å². The summed E-state index contributed by atoms with van der Waals surface area (Å²) < 4.78 is 5.18. The maximum Gasteiger partial charge on any atom is 0.310 e. The Balaban J connectivity index is 2.33. The summed E-state index contributed by atoms with van der Waals surface area (Å²) in [6.07, 6.45) is 5.49. The molecule has 0 aromatic heterocycles. The number of carbonyl (C=O) groups excluding carboxylic acids is 1. The molecule has 0 aromatic carbocycles. The number of ether oxygens (including phenoxy) is 1. The summed E-state index contributed by atoms with van der Waals surface area (Å²) in [4.78, 5) is 11.6. The fourth-order valence-corrected chi connectivity index (χ4v) is 1.77. The van der Waals surface area contributed by atoms with Crippen LogP contribution in [0.1, 0.15) is 46.0 Å². The molecule has 1 rings (SSSR count). The molecule has 0 aromatic rings. The van der Waals surface area contributed by atoms with Gasteiger partial charge in [0.15, 0.2) is 5.56 Å². The van der Waals surface area contributed by atoms with E-state index in [4.69, 9.17) is 16.3 Å². The van der Waals surface area contributed by atoms with E-state index in [1.807, 2.05) is 13.8 Å². The number of rotatable bonds is 3. The molecule has 82 valence electrons. The molecule has 1 aliphatic carbocycles. The number of halogens is 1. The molecule has 1 atom stereocenters. The van der Waals surface area contributed by atoms with Gasteiger partial charge in [-0.3, -0.25) is 4.79 Å². The summed E-state index contributed by atoms with van der Waals surface area (Å²) in [5.74, 6) is 0.186. The first-order chi connectivity index (χ1) is 6.61. The molecule has 1 aliphatic rings. The van der Waals surface area contributed by atoms with Crippen LogP contribution in [0.4, 0.5) is 0 Å². The molecule has 0 radical (unpaired) electrons. The second-order valence-corrected chi connectivity index (χ2v) is 4.80. The van der Waals surface area contributed by atoms with E-state index >= 15 is 0 Å². The van der Waals surface area contributed by atoms with E-state index < -0.39 is 5.56 Å². The Morgan fingerprint density at radius 1 is 1.29 bits per heavy atom. The molecule has 0 spiro atoms. The van der Waals surface area contributed by atoms with Crippen LogP contribution >= 0.6 is 11.6 Å². The minimum atomic E-state index is -0.468. The first-order valence-electron chi connectivity index (χ1n) is 5.46. The van der Waals surface area contributed by atoms with E-state index in [-0.39, 0.29) is 17.8 Å². The molecular formula is C11H19ClO2. The van der Waals surface area contributed by atoms with Crippen molar-refractivity contribution < 1.29 is 9.53 Å². The van der Waals surface area contributed by atoms with Gasteiger partial charge in [0, 0.05) is 5.92 Å². The molecule has 0 bridgehead atoms. The van der Waals surface area contributed by atoms with Gasteiger partial charge < -0.3 is 4.74 Å². The predicted octanol–water partition coefficient (Wildman–Crippen LogP) is 3.33. The highest BCUT2D eigenvalue weighted by atomic mass is 35.5. The van der Waals surface area contributed by atoms with E-state index in [0.29, 0.717) is 0 Å². The average Bonchev–Trinajstić information content (AvgIpc) is 2.19. The second-order valence-electron chi connectivity index (χ2n) is 4.37. The largest absolute Gasteiger partial charge is 0.445 e. The number of esters is 1. The van der Waals surface area contributed by atoms with Crippen LogP contribution < -0.4 is 0 Å². The molecule has 2 nitrogen and oxygen atoms in total. The lowest BCUT2D eigenvalue weighted by atomic mass is 9.89. The predicted molar refractivity (Wildman–Crippen MR) is 57.1 cm³/mol. The average molecular weight is 219 g/mol. The lowest BCUT2D eigenvalue weighted by Gasteiger charge is -2.22. The third kappa shape index (κ3) is 3.49. The van der Waals surface area contributed by atoms with Crippen molar-refractivity contribution in [3.8, 4) is 0 Å². The van der Waals surface area contributed by atoms with Crippen molar-refractivity contribution >= 4 is 17.6 Å². The van der Waals surface area contributed by atoms with Gasteiger partial charge in [-0.05, 0) is 12.8 Å². The molecule has 1 fully saturated rings. The molecule has 0 amide bonds. The summed E-state index contributed by atoms with van der Waals surface area (Å²) in [5.41, 5.74) is -0.468. The third-order valence-corrected chi connectivity index (χ3v) is 3.28. The van der Waals surface area contributed by atoms with Gasteiger partial charge in [0.25, 0.3) is 0 Å². The van der Waals surface area contributed by atoms with Crippen molar-refractivity contribution in [1.82, 2.24) is 0 Å². The maximum absolute atomic E-state index is 11.6. The van der Waals surface area contributed by atoms with Crippen LogP contribution in [0.2, 0.25) is 0 Å². The fourth-order valence-electron chi connectivity index (χ4n) is 1.68. The highest BCUT2D eigenvalue weighted by molar-refractivity contribution is 6.20. The van der Waals surface area contributed by atoms with Crippen LogP contribution in [0.5, 0.6) is 0 Å². The Morgan fingerprint density at radius 3 is 2.36 bits per heavy atom. The number of hydrogen-bond acceptors (Lipinski definition) is 2. The zero-order chi connectivity index (χ0) is 10.6. The molecular weight excluding hydrogens is 200 g/mol. The van der Waals surface area contributed by atoms with Crippen molar-refractivity contribution in [2.75, 3.05) is 0 Å². The Kier molecular flexibility index (Phi) is 4.73. The molecule has 0 N–H and O–H groups in total. The van der Waals surface area contributed by atoms with Crippen molar-refractivity contribution in [2.24, 2.45) is 11.8 Å².